The van der Waals surface area contributed by atoms with Crippen molar-refractivity contribution in [3.63, 3.8) is 0 Å². The molecule has 0 spiro atoms. The van der Waals surface area contributed by atoms with Crippen LogP contribution in [0.25, 0.3) is 0 Å². The Hall–Kier alpha value is -2.16. The van der Waals surface area contributed by atoms with Crippen molar-refractivity contribution in [1.82, 2.24) is 4.98 Å². The lowest BCUT2D eigenvalue weighted by molar-refractivity contribution is 0.319. The Balaban J connectivity index is 1.87. The summed E-state index contributed by atoms with van der Waals surface area (Å²) in [6, 6.07) is 16.3. The van der Waals surface area contributed by atoms with E-state index in [9.17, 15) is 0 Å². The minimum Gasteiger partial charge on any atom is -0.474 e. The topological polar surface area (TPSA) is 34.5 Å². The molecule has 1 unspecified atom stereocenters. The number of hydrogen-bond donors (Lipinski definition) is 0. The Kier molecular flexibility index (Phi) is 3.50. The van der Waals surface area contributed by atoms with Crippen molar-refractivity contribution in [3.05, 3.63) is 65.5 Å². The summed E-state index contributed by atoms with van der Waals surface area (Å²) in [4.78, 5) is 9.29. The molecule has 3 nitrogen and oxygen atoms in total. The molecule has 1 aromatic carbocycles. The van der Waals surface area contributed by atoms with Crippen LogP contribution in [0.2, 0.25) is 0 Å². The van der Waals surface area contributed by atoms with Gasteiger partial charge in [0, 0.05) is 5.69 Å². The SMILES string of the molecule is CC(C)c1cccc(C2=NC(c3ccccc3)CO2)n1. The van der Waals surface area contributed by atoms with E-state index < -0.39 is 0 Å². The maximum Gasteiger partial charge on any atom is 0.236 e. The fraction of sp³-hybridized carbons (Fsp3) is 0.294. The summed E-state index contributed by atoms with van der Waals surface area (Å²) in [7, 11) is 0. The van der Waals surface area contributed by atoms with Gasteiger partial charge in [-0.05, 0) is 23.6 Å². The van der Waals surface area contributed by atoms with Gasteiger partial charge in [-0.3, -0.25) is 0 Å². The predicted molar refractivity (Wildman–Crippen MR) is 80.0 cm³/mol. The highest BCUT2D eigenvalue weighted by Gasteiger charge is 2.22. The summed E-state index contributed by atoms with van der Waals surface area (Å²) in [5, 5.41) is 0. The van der Waals surface area contributed by atoms with Crippen LogP contribution in [0.1, 0.15) is 42.8 Å². The van der Waals surface area contributed by atoms with E-state index in [0.29, 0.717) is 18.4 Å². The van der Waals surface area contributed by atoms with E-state index in [4.69, 9.17) is 4.74 Å². The molecule has 0 aliphatic carbocycles. The standard InChI is InChI=1S/C17H18N2O/c1-12(2)14-9-6-10-15(18-14)17-19-16(11-20-17)13-7-4-3-5-8-13/h3-10,12,16H,11H2,1-2H3. The molecule has 1 aromatic heterocycles. The van der Waals surface area contributed by atoms with Crippen LogP contribution < -0.4 is 0 Å². The van der Waals surface area contributed by atoms with Crippen molar-refractivity contribution in [2.75, 3.05) is 6.61 Å². The summed E-state index contributed by atoms with van der Waals surface area (Å²) in [6.45, 7) is 4.86. The zero-order chi connectivity index (χ0) is 13.9. The van der Waals surface area contributed by atoms with Crippen LogP contribution in [0.5, 0.6) is 0 Å². The first-order valence-corrected chi connectivity index (χ1v) is 6.97. The number of pyridine rings is 1. The monoisotopic (exact) mass is 266 g/mol. The molecule has 102 valence electrons. The molecule has 2 heterocycles. The van der Waals surface area contributed by atoms with E-state index in [1.807, 2.05) is 36.4 Å². The van der Waals surface area contributed by atoms with Gasteiger partial charge in [0.15, 0.2) is 0 Å². The maximum atomic E-state index is 5.73. The number of benzene rings is 1. The molecule has 3 rings (SSSR count). The predicted octanol–water partition coefficient (Wildman–Crippen LogP) is 3.72. The van der Waals surface area contributed by atoms with Crippen LogP contribution >= 0.6 is 0 Å². The highest BCUT2D eigenvalue weighted by Crippen LogP contribution is 2.24. The minimum atomic E-state index is 0.0794. The molecular formula is C17H18N2O. The average Bonchev–Trinajstić information content (AvgIpc) is 2.98. The summed E-state index contributed by atoms with van der Waals surface area (Å²) in [6.07, 6.45) is 0. The van der Waals surface area contributed by atoms with Crippen LogP contribution in [-0.2, 0) is 4.74 Å². The lowest BCUT2D eigenvalue weighted by Crippen LogP contribution is -2.06. The Morgan fingerprint density at radius 2 is 1.85 bits per heavy atom. The lowest BCUT2D eigenvalue weighted by Gasteiger charge is -2.06. The fourth-order valence-corrected chi connectivity index (χ4v) is 2.25. The number of nitrogens with zero attached hydrogens (tertiary/aromatic N) is 2. The highest BCUT2D eigenvalue weighted by molar-refractivity contribution is 5.93. The van der Waals surface area contributed by atoms with Crippen molar-refractivity contribution in [3.8, 4) is 0 Å². The third-order valence-electron chi connectivity index (χ3n) is 3.42. The Morgan fingerprint density at radius 1 is 1.05 bits per heavy atom. The Morgan fingerprint density at radius 3 is 2.60 bits per heavy atom. The quantitative estimate of drug-likeness (QED) is 0.848. The van der Waals surface area contributed by atoms with Crippen LogP contribution in [0.3, 0.4) is 0 Å². The molecule has 0 N–H and O–H groups in total. The van der Waals surface area contributed by atoms with Gasteiger partial charge in [0.2, 0.25) is 5.90 Å². The smallest absolute Gasteiger partial charge is 0.236 e. The van der Waals surface area contributed by atoms with E-state index in [1.165, 1.54) is 5.56 Å². The number of aliphatic imine (C=N–C) groups is 1. The second kappa shape index (κ2) is 5.45. The summed E-state index contributed by atoms with van der Waals surface area (Å²) in [5.74, 6) is 1.06. The largest absolute Gasteiger partial charge is 0.474 e. The Bertz CT molecular complexity index is 620. The minimum absolute atomic E-state index is 0.0794. The zero-order valence-electron chi connectivity index (χ0n) is 11.8. The van der Waals surface area contributed by atoms with Crippen LogP contribution in [0.4, 0.5) is 0 Å². The van der Waals surface area contributed by atoms with Crippen molar-refractivity contribution >= 4 is 5.90 Å². The first-order valence-electron chi connectivity index (χ1n) is 6.97. The van der Waals surface area contributed by atoms with Gasteiger partial charge < -0.3 is 4.74 Å². The third kappa shape index (κ3) is 2.57. The van der Waals surface area contributed by atoms with E-state index in [0.717, 1.165) is 11.4 Å². The molecule has 1 aliphatic heterocycles. The second-order valence-corrected chi connectivity index (χ2v) is 5.27. The summed E-state index contributed by atoms with van der Waals surface area (Å²) >= 11 is 0. The van der Waals surface area contributed by atoms with Gasteiger partial charge in [0.1, 0.15) is 18.3 Å². The molecule has 1 aliphatic rings. The normalized spacial score (nSPS) is 17.9. The number of hydrogen-bond acceptors (Lipinski definition) is 3. The van der Waals surface area contributed by atoms with E-state index in [2.05, 4.69) is 36.0 Å². The first-order chi connectivity index (χ1) is 9.74. The van der Waals surface area contributed by atoms with Gasteiger partial charge in [-0.15, -0.1) is 0 Å². The van der Waals surface area contributed by atoms with Crippen molar-refractivity contribution in [1.29, 1.82) is 0 Å². The van der Waals surface area contributed by atoms with Gasteiger partial charge in [0.25, 0.3) is 0 Å². The van der Waals surface area contributed by atoms with Gasteiger partial charge >= 0.3 is 0 Å². The first kappa shape index (κ1) is 12.9. The van der Waals surface area contributed by atoms with Crippen molar-refractivity contribution < 1.29 is 4.74 Å². The van der Waals surface area contributed by atoms with Gasteiger partial charge in [-0.2, -0.15) is 0 Å². The molecule has 1 atom stereocenters. The van der Waals surface area contributed by atoms with E-state index >= 15 is 0 Å². The molecule has 0 radical (unpaired) electrons. The molecular weight excluding hydrogens is 248 g/mol. The van der Waals surface area contributed by atoms with Crippen LogP contribution in [0, 0.1) is 0 Å². The molecule has 0 fully saturated rings. The number of aromatic nitrogens is 1. The highest BCUT2D eigenvalue weighted by atomic mass is 16.5. The molecule has 2 aromatic rings. The molecule has 3 heteroatoms. The lowest BCUT2D eigenvalue weighted by atomic mass is 10.1. The van der Waals surface area contributed by atoms with Gasteiger partial charge in [-0.1, -0.05) is 50.2 Å². The second-order valence-electron chi connectivity index (χ2n) is 5.27. The summed E-state index contributed by atoms with van der Waals surface area (Å²) in [5.41, 5.74) is 3.08. The van der Waals surface area contributed by atoms with Crippen molar-refractivity contribution in [2.45, 2.75) is 25.8 Å². The average molecular weight is 266 g/mol. The van der Waals surface area contributed by atoms with Gasteiger partial charge in [-0.25, -0.2) is 9.98 Å². The number of rotatable bonds is 3. The fourth-order valence-electron chi connectivity index (χ4n) is 2.25. The zero-order valence-corrected chi connectivity index (χ0v) is 11.8. The van der Waals surface area contributed by atoms with E-state index in [1.54, 1.807) is 0 Å². The third-order valence-corrected chi connectivity index (χ3v) is 3.42. The maximum absolute atomic E-state index is 5.73. The molecule has 0 bridgehead atoms. The number of ether oxygens (including phenoxy) is 1. The molecule has 0 amide bonds. The van der Waals surface area contributed by atoms with Crippen LogP contribution in [-0.4, -0.2) is 17.5 Å². The van der Waals surface area contributed by atoms with Crippen LogP contribution in [0.15, 0.2) is 53.5 Å². The molecule has 0 saturated carbocycles. The van der Waals surface area contributed by atoms with E-state index in [-0.39, 0.29) is 6.04 Å². The summed E-state index contributed by atoms with van der Waals surface area (Å²) < 4.78 is 5.73. The molecule has 20 heavy (non-hydrogen) atoms. The molecule has 0 saturated heterocycles. The van der Waals surface area contributed by atoms with Gasteiger partial charge in [0.05, 0.1) is 0 Å². The van der Waals surface area contributed by atoms with Crippen molar-refractivity contribution in [2.24, 2.45) is 4.99 Å². The Labute approximate surface area is 119 Å².